The van der Waals surface area contributed by atoms with Crippen molar-refractivity contribution in [3.8, 4) is 0 Å². The van der Waals surface area contributed by atoms with Gasteiger partial charge in [0.1, 0.15) is 0 Å². The van der Waals surface area contributed by atoms with Gasteiger partial charge in [0.2, 0.25) is 0 Å². The summed E-state index contributed by atoms with van der Waals surface area (Å²) in [5.74, 6) is 0. The van der Waals surface area contributed by atoms with Crippen LogP contribution in [0.1, 0.15) is 232 Å². The third kappa shape index (κ3) is 35.7. The van der Waals surface area contributed by atoms with E-state index in [9.17, 15) is 0 Å². The Morgan fingerprint density at radius 2 is 0.421 bits per heavy atom. The van der Waals surface area contributed by atoms with Crippen molar-refractivity contribution in [3.63, 3.8) is 0 Å². The molecule has 0 aromatic heterocycles. The summed E-state index contributed by atoms with van der Waals surface area (Å²) in [5, 5.41) is 0. The van der Waals surface area contributed by atoms with Crippen LogP contribution in [0.4, 0.5) is 0 Å². The number of hydrogen-bond acceptors (Lipinski definition) is 0. The predicted octanol–water partition coefficient (Wildman–Crippen LogP) is 14.8. The van der Waals surface area contributed by atoms with Crippen molar-refractivity contribution in [3.05, 3.63) is 12.7 Å². The van der Waals surface area contributed by atoms with E-state index >= 15 is 0 Å². The summed E-state index contributed by atoms with van der Waals surface area (Å²) >= 11 is 0. The van der Waals surface area contributed by atoms with Gasteiger partial charge in [0, 0.05) is 0 Å². The van der Waals surface area contributed by atoms with E-state index in [-0.39, 0.29) is 0 Å². The average Bonchev–Trinajstić information content (AvgIpc) is 2.93. The third-order valence-corrected chi connectivity index (χ3v) is 8.76. The van der Waals surface area contributed by atoms with Crippen molar-refractivity contribution in [1.82, 2.24) is 0 Å². The molecule has 228 valence electrons. The van der Waals surface area contributed by atoms with Crippen LogP contribution in [-0.4, -0.2) is 0 Å². The quantitative estimate of drug-likeness (QED) is 0.0562. The lowest BCUT2D eigenvalue weighted by Gasteiger charge is -2.05. The average molecular weight is 533 g/mol. The largest absolute Gasteiger partial charge is 0.103 e. The standard InChI is InChI=1S/C38H76/c1-3-5-7-9-11-13-15-17-19-21-23-25-27-29-31-33-35-37-38-36-34-32-30-28-26-24-22-20-18-16-14-12-10-8-6-4-2/h3H,1,4-38H2,2H3. The maximum atomic E-state index is 3.80. The Morgan fingerprint density at radius 1 is 0.263 bits per heavy atom. The van der Waals surface area contributed by atoms with E-state index in [0.29, 0.717) is 0 Å². The van der Waals surface area contributed by atoms with Crippen molar-refractivity contribution >= 4 is 0 Å². The molecule has 0 saturated carbocycles. The molecular formula is C38H76. The lowest BCUT2D eigenvalue weighted by molar-refractivity contribution is 0.511. The highest BCUT2D eigenvalue weighted by Gasteiger charge is 1.97. The van der Waals surface area contributed by atoms with Gasteiger partial charge in [0.25, 0.3) is 0 Å². The molecule has 0 radical (unpaired) electrons. The second-order valence-electron chi connectivity index (χ2n) is 12.7. The van der Waals surface area contributed by atoms with Gasteiger partial charge in [-0.2, -0.15) is 0 Å². The van der Waals surface area contributed by atoms with E-state index in [1.807, 2.05) is 0 Å². The first-order valence-corrected chi connectivity index (χ1v) is 18.5. The molecule has 0 nitrogen and oxygen atoms in total. The Morgan fingerprint density at radius 3 is 0.579 bits per heavy atom. The van der Waals surface area contributed by atoms with Gasteiger partial charge in [0.15, 0.2) is 0 Å². The molecule has 0 spiro atoms. The molecule has 0 aromatic rings. The molecule has 0 heteroatoms. The summed E-state index contributed by atoms with van der Waals surface area (Å²) in [6.07, 6.45) is 53.4. The van der Waals surface area contributed by atoms with Gasteiger partial charge in [-0.25, -0.2) is 0 Å². The molecule has 0 unspecified atom stereocenters. The summed E-state index contributed by atoms with van der Waals surface area (Å²) in [6.45, 7) is 6.11. The Balaban J connectivity index is 3.01. The summed E-state index contributed by atoms with van der Waals surface area (Å²) in [4.78, 5) is 0. The minimum Gasteiger partial charge on any atom is -0.103 e. The first-order valence-electron chi connectivity index (χ1n) is 18.5. The predicted molar refractivity (Wildman–Crippen MR) is 177 cm³/mol. The summed E-state index contributed by atoms with van der Waals surface area (Å²) in [6, 6.07) is 0. The number of rotatable bonds is 35. The topological polar surface area (TPSA) is 0 Å². The van der Waals surface area contributed by atoms with Gasteiger partial charge in [-0.05, 0) is 12.8 Å². The van der Waals surface area contributed by atoms with Crippen LogP contribution in [0.25, 0.3) is 0 Å². The summed E-state index contributed by atoms with van der Waals surface area (Å²) in [7, 11) is 0. The second kappa shape index (κ2) is 36.7. The van der Waals surface area contributed by atoms with Crippen LogP contribution in [-0.2, 0) is 0 Å². The van der Waals surface area contributed by atoms with Gasteiger partial charge < -0.3 is 0 Å². The highest BCUT2D eigenvalue weighted by molar-refractivity contribution is 4.65. The highest BCUT2D eigenvalue weighted by atomic mass is 14.0. The zero-order valence-electron chi connectivity index (χ0n) is 27.0. The van der Waals surface area contributed by atoms with Crippen LogP contribution < -0.4 is 0 Å². The Bertz CT molecular complexity index is 397. The molecule has 0 rings (SSSR count). The fourth-order valence-corrected chi connectivity index (χ4v) is 6.02. The molecule has 38 heavy (non-hydrogen) atoms. The molecular weight excluding hydrogens is 456 g/mol. The first kappa shape index (κ1) is 37.7. The van der Waals surface area contributed by atoms with Crippen molar-refractivity contribution in [2.24, 2.45) is 0 Å². The maximum Gasteiger partial charge on any atom is -0.0353 e. The number of hydrogen-bond donors (Lipinski definition) is 0. The van der Waals surface area contributed by atoms with Crippen LogP contribution in [0, 0.1) is 0 Å². The lowest BCUT2D eigenvalue weighted by Crippen LogP contribution is -1.85. The normalized spacial score (nSPS) is 11.4. The molecule has 0 N–H and O–H groups in total. The van der Waals surface area contributed by atoms with Gasteiger partial charge >= 0.3 is 0 Å². The molecule has 0 saturated heterocycles. The smallest absolute Gasteiger partial charge is 0.0353 e. The molecule has 0 aliphatic carbocycles. The van der Waals surface area contributed by atoms with Crippen molar-refractivity contribution in [2.45, 2.75) is 232 Å². The number of unbranched alkanes of at least 4 members (excludes halogenated alkanes) is 34. The molecule has 0 bridgehead atoms. The van der Waals surface area contributed by atoms with Crippen molar-refractivity contribution in [1.29, 1.82) is 0 Å². The fraction of sp³-hybridized carbons (Fsp3) is 0.947. The first-order chi connectivity index (χ1) is 18.9. The third-order valence-electron chi connectivity index (χ3n) is 8.76. The molecule has 0 aliphatic rings. The van der Waals surface area contributed by atoms with E-state index in [0.717, 1.165) is 0 Å². The molecule has 0 atom stereocenters. The van der Waals surface area contributed by atoms with Crippen molar-refractivity contribution < 1.29 is 0 Å². The van der Waals surface area contributed by atoms with Crippen LogP contribution in [0.2, 0.25) is 0 Å². The molecule has 0 heterocycles. The second-order valence-corrected chi connectivity index (χ2v) is 12.7. The van der Waals surface area contributed by atoms with E-state index in [1.165, 1.54) is 225 Å². The Hall–Kier alpha value is -0.260. The van der Waals surface area contributed by atoms with Crippen LogP contribution in [0.5, 0.6) is 0 Å². The van der Waals surface area contributed by atoms with Crippen LogP contribution in [0.3, 0.4) is 0 Å². The van der Waals surface area contributed by atoms with E-state index in [2.05, 4.69) is 19.6 Å². The minimum atomic E-state index is 1.21. The van der Waals surface area contributed by atoms with E-state index in [1.54, 1.807) is 0 Å². The monoisotopic (exact) mass is 533 g/mol. The van der Waals surface area contributed by atoms with Gasteiger partial charge in [0.05, 0.1) is 0 Å². The van der Waals surface area contributed by atoms with Crippen LogP contribution in [0.15, 0.2) is 12.7 Å². The fourth-order valence-electron chi connectivity index (χ4n) is 6.02. The molecule has 0 aromatic carbocycles. The molecule has 0 amide bonds. The zero-order chi connectivity index (χ0) is 27.5. The van der Waals surface area contributed by atoms with Crippen LogP contribution >= 0.6 is 0 Å². The van der Waals surface area contributed by atoms with Gasteiger partial charge in [-0.3, -0.25) is 0 Å². The lowest BCUT2D eigenvalue weighted by atomic mass is 10.0. The van der Waals surface area contributed by atoms with E-state index < -0.39 is 0 Å². The van der Waals surface area contributed by atoms with Crippen molar-refractivity contribution in [2.75, 3.05) is 0 Å². The molecule has 0 fully saturated rings. The van der Waals surface area contributed by atoms with E-state index in [4.69, 9.17) is 0 Å². The zero-order valence-corrected chi connectivity index (χ0v) is 27.0. The molecule has 0 aliphatic heterocycles. The van der Waals surface area contributed by atoms with Gasteiger partial charge in [-0.15, -0.1) is 6.58 Å². The minimum absolute atomic E-state index is 1.21. The Labute approximate surface area is 244 Å². The maximum absolute atomic E-state index is 3.80. The van der Waals surface area contributed by atoms with Gasteiger partial charge in [-0.1, -0.05) is 225 Å². The Kier molecular flexibility index (Phi) is 36.5. The summed E-state index contributed by atoms with van der Waals surface area (Å²) in [5.41, 5.74) is 0. The SMILES string of the molecule is C=CCCCCCCCCCCCCCCCCCCCCCCCCCCCCCCCCCCCC. The number of allylic oxidation sites excluding steroid dienone is 1. The summed E-state index contributed by atoms with van der Waals surface area (Å²) < 4.78 is 0. The highest BCUT2D eigenvalue weighted by Crippen LogP contribution is 2.17.